The lowest BCUT2D eigenvalue weighted by molar-refractivity contribution is -0.118. The molecule has 4 rings (SSSR count). The fourth-order valence-electron chi connectivity index (χ4n) is 4.75. The molecule has 1 aromatic carbocycles. The number of rotatable bonds is 7. The zero-order valence-corrected chi connectivity index (χ0v) is 21.7. The summed E-state index contributed by atoms with van der Waals surface area (Å²) >= 11 is 1.18. The first kappa shape index (κ1) is 25.1. The predicted molar refractivity (Wildman–Crippen MR) is 139 cm³/mol. The normalized spacial score (nSPS) is 15.2. The van der Waals surface area contributed by atoms with Gasteiger partial charge < -0.3 is 10.1 Å². The number of hydrogen-bond acceptors (Lipinski definition) is 6. The third kappa shape index (κ3) is 5.03. The van der Waals surface area contributed by atoms with E-state index in [9.17, 15) is 14.4 Å². The van der Waals surface area contributed by atoms with Crippen LogP contribution in [0.3, 0.4) is 0 Å². The topological polar surface area (TPSA) is 90.3 Å². The van der Waals surface area contributed by atoms with Crippen LogP contribution < -0.4 is 10.9 Å². The van der Waals surface area contributed by atoms with Gasteiger partial charge in [0, 0.05) is 5.69 Å². The smallest absolute Gasteiger partial charge is 0.348 e. The van der Waals surface area contributed by atoms with Crippen molar-refractivity contribution in [2.75, 3.05) is 5.32 Å². The number of anilines is 1. The molecule has 1 fully saturated rings. The molecule has 1 aliphatic rings. The van der Waals surface area contributed by atoms with E-state index in [0.29, 0.717) is 20.7 Å². The molecule has 2 aromatic heterocycles. The minimum absolute atomic E-state index is 0.0618. The molecule has 0 radical (unpaired) electrons. The zero-order chi connectivity index (χ0) is 25.1. The SMILES string of the molecule is CCc1cccc(CC)c1NC(=O)C(C)n1cnc2sc(C(=O)OC3CCCCC3)c(C)c2c1=O. The van der Waals surface area contributed by atoms with Gasteiger partial charge in [0.15, 0.2) is 0 Å². The second kappa shape index (κ2) is 10.7. The lowest BCUT2D eigenvalue weighted by Gasteiger charge is -2.21. The summed E-state index contributed by atoms with van der Waals surface area (Å²) in [6.07, 6.45) is 7.99. The summed E-state index contributed by atoms with van der Waals surface area (Å²) in [7, 11) is 0. The van der Waals surface area contributed by atoms with Crippen LogP contribution >= 0.6 is 11.3 Å². The van der Waals surface area contributed by atoms with Crippen LogP contribution in [0.25, 0.3) is 10.2 Å². The van der Waals surface area contributed by atoms with Crippen molar-refractivity contribution in [3.05, 3.63) is 56.4 Å². The number of fused-ring (bicyclic) bond motifs is 1. The Morgan fingerprint density at radius 3 is 2.46 bits per heavy atom. The Morgan fingerprint density at radius 1 is 1.17 bits per heavy atom. The van der Waals surface area contributed by atoms with Crippen LogP contribution in [0.4, 0.5) is 5.69 Å². The first-order valence-corrected chi connectivity index (χ1v) is 13.3. The first-order valence-electron chi connectivity index (χ1n) is 12.5. The van der Waals surface area contributed by atoms with Gasteiger partial charge >= 0.3 is 5.97 Å². The number of nitrogens with one attached hydrogen (secondary N) is 1. The highest BCUT2D eigenvalue weighted by Crippen LogP contribution is 2.30. The molecule has 7 nitrogen and oxygen atoms in total. The Kier molecular flexibility index (Phi) is 7.69. The minimum Gasteiger partial charge on any atom is -0.458 e. The summed E-state index contributed by atoms with van der Waals surface area (Å²) in [5.74, 6) is -0.675. The van der Waals surface area contributed by atoms with Crippen LogP contribution in [0.1, 0.15) is 85.3 Å². The predicted octanol–water partition coefficient (Wildman–Crippen LogP) is 5.58. The molecular weight excluding hydrogens is 462 g/mol. The van der Waals surface area contributed by atoms with E-state index in [1.807, 2.05) is 32.0 Å². The summed E-state index contributed by atoms with van der Waals surface area (Å²) in [5, 5.41) is 3.41. The van der Waals surface area contributed by atoms with E-state index in [1.165, 1.54) is 28.7 Å². The number of carbonyl (C=O) groups excluding carboxylic acids is 2. The van der Waals surface area contributed by atoms with Gasteiger partial charge in [-0.3, -0.25) is 14.2 Å². The lowest BCUT2D eigenvalue weighted by Crippen LogP contribution is -2.32. The number of carbonyl (C=O) groups is 2. The minimum atomic E-state index is -0.772. The van der Waals surface area contributed by atoms with Crippen LogP contribution in [0, 0.1) is 6.92 Å². The van der Waals surface area contributed by atoms with Crippen LogP contribution in [0.15, 0.2) is 29.3 Å². The van der Waals surface area contributed by atoms with Crippen molar-refractivity contribution in [2.24, 2.45) is 0 Å². The van der Waals surface area contributed by atoms with Crippen molar-refractivity contribution in [3.63, 3.8) is 0 Å². The number of ether oxygens (including phenoxy) is 1. The zero-order valence-electron chi connectivity index (χ0n) is 20.8. The molecule has 0 spiro atoms. The van der Waals surface area contributed by atoms with E-state index in [0.717, 1.165) is 55.3 Å². The van der Waals surface area contributed by atoms with Crippen LogP contribution in [-0.2, 0) is 22.4 Å². The summed E-state index contributed by atoms with van der Waals surface area (Å²) < 4.78 is 7.07. The summed E-state index contributed by atoms with van der Waals surface area (Å²) in [6, 6.07) is 5.23. The number of amides is 1. The highest BCUT2D eigenvalue weighted by atomic mass is 32.1. The molecule has 1 N–H and O–H groups in total. The average Bonchev–Trinajstić information content (AvgIpc) is 3.21. The van der Waals surface area contributed by atoms with Gasteiger partial charge in [0.25, 0.3) is 5.56 Å². The van der Waals surface area contributed by atoms with Crippen LogP contribution in [0.5, 0.6) is 0 Å². The summed E-state index contributed by atoms with van der Waals surface area (Å²) in [5.41, 5.74) is 3.16. The molecule has 3 aromatic rings. The Balaban J connectivity index is 1.61. The Hall–Kier alpha value is -3.00. The molecule has 186 valence electrons. The molecular formula is C27H33N3O4S. The first-order chi connectivity index (χ1) is 16.8. The van der Waals surface area contributed by atoms with E-state index in [1.54, 1.807) is 13.8 Å². The Bertz CT molecular complexity index is 1280. The third-order valence-electron chi connectivity index (χ3n) is 6.93. The van der Waals surface area contributed by atoms with Gasteiger partial charge in [-0.05, 0) is 69.1 Å². The molecule has 1 aliphatic carbocycles. The van der Waals surface area contributed by atoms with Crippen molar-refractivity contribution in [2.45, 2.75) is 84.8 Å². The van der Waals surface area contributed by atoms with Crippen LogP contribution in [-0.4, -0.2) is 27.5 Å². The maximum atomic E-state index is 13.4. The van der Waals surface area contributed by atoms with Gasteiger partial charge in [0.05, 0.1) is 11.7 Å². The third-order valence-corrected chi connectivity index (χ3v) is 8.11. The Morgan fingerprint density at radius 2 is 1.83 bits per heavy atom. The van der Waals surface area contributed by atoms with E-state index in [4.69, 9.17) is 4.74 Å². The number of para-hydroxylation sites is 1. The monoisotopic (exact) mass is 495 g/mol. The highest BCUT2D eigenvalue weighted by Gasteiger charge is 2.26. The number of aryl methyl sites for hydroxylation is 3. The molecule has 1 saturated carbocycles. The molecule has 35 heavy (non-hydrogen) atoms. The lowest BCUT2D eigenvalue weighted by atomic mass is 9.98. The van der Waals surface area contributed by atoms with Crippen molar-refractivity contribution in [3.8, 4) is 0 Å². The maximum Gasteiger partial charge on any atom is 0.348 e. The second-order valence-corrected chi connectivity index (χ2v) is 10.2. The molecule has 0 aliphatic heterocycles. The molecule has 1 amide bonds. The van der Waals surface area contributed by atoms with Crippen molar-refractivity contribution in [1.82, 2.24) is 9.55 Å². The second-order valence-electron chi connectivity index (χ2n) is 9.18. The van der Waals surface area contributed by atoms with Crippen molar-refractivity contribution >= 4 is 39.1 Å². The number of thiophene rings is 1. The van der Waals surface area contributed by atoms with Gasteiger partial charge in [-0.25, -0.2) is 9.78 Å². The number of hydrogen-bond donors (Lipinski definition) is 1. The fourth-order valence-corrected chi connectivity index (χ4v) is 5.78. The van der Waals surface area contributed by atoms with Crippen molar-refractivity contribution < 1.29 is 14.3 Å². The number of aromatic nitrogens is 2. The molecule has 1 atom stereocenters. The quantitative estimate of drug-likeness (QED) is 0.432. The van der Waals surface area contributed by atoms with Crippen LogP contribution in [0.2, 0.25) is 0 Å². The fraction of sp³-hybridized carbons (Fsp3) is 0.481. The van der Waals surface area contributed by atoms with Gasteiger partial charge in [0.2, 0.25) is 5.91 Å². The van der Waals surface area contributed by atoms with Gasteiger partial charge in [0.1, 0.15) is 21.9 Å². The van der Waals surface area contributed by atoms with E-state index < -0.39 is 12.0 Å². The number of nitrogens with zero attached hydrogens (tertiary/aromatic N) is 2. The van der Waals surface area contributed by atoms with Crippen molar-refractivity contribution in [1.29, 1.82) is 0 Å². The molecule has 0 saturated heterocycles. The highest BCUT2D eigenvalue weighted by molar-refractivity contribution is 7.20. The molecule has 1 unspecified atom stereocenters. The summed E-state index contributed by atoms with van der Waals surface area (Å²) in [4.78, 5) is 44.8. The van der Waals surface area contributed by atoms with Gasteiger partial charge in [-0.15, -0.1) is 11.3 Å². The number of esters is 1. The van der Waals surface area contributed by atoms with E-state index in [2.05, 4.69) is 10.3 Å². The largest absolute Gasteiger partial charge is 0.458 e. The summed E-state index contributed by atoms with van der Waals surface area (Å²) in [6.45, 7) is 7.53. The standard InChI is InChI=1S/C27H33N3O4S/c1-5-18-11-10-12-19(6-2)22(18)29-24(31)17(4)30-15-28-25-21(26(30)32)16(3)23(35-25)27(33)34-20-13-8-7-9-14-20/h10-12,15,17,20H,5-9,13-14H2,1-4H3,(H,29,31). The molecule has 8 heteroatoms. The van der Waals surface area contributed by atoms with E-state index >= 15 is 0 Å². The van der Waals surface area contributed by atoms with Gasteiger partial charge in [-0.1, -0.05) is 38.5 Å². The van der Waals surface area contributed by atoms with Gasteiger partial charge in [-0.2, -0.15) is 0 Å². The maximum absolute atomic E-state index is 13.4. The van der Waals surface area contributed by atoms with E-state index in [-0.39, 0.29) is 17.6 Å². The molecule has 2 heterocycles. The Labute approximate surface area is 209 Å². The average molecular weight is 496 g/mol. The number of benzene rings is 1. The molecule has 0 bridgehead atoms.